The number of nitrogens with zero attached hydrogens (tertiary/aromatic N) is 16. The van der Waals surface area contributed by atoms with Crippen LogP contribution < -0.4 is 60.7 Å². The normalized spacial score (nSPS) is 13.1. The number of hydrogen-bond acceptors (Lipinski definition) is 28. The Kier molecular flexibility index (Phi) is 19.3. The molecule has 4 aromatic heterocycles. The molecule has 16 bridgehead atoms. The number of halogens is 4. The van der Waals surface area contributed by atoms with Crippen LogP contribution in [0.3, 0.4) is 0 Å². The molecule has 8 aromatic rings. The van der Waals surface area contributed by atoms with Gasteiger partial charge in [0.25, 0.3) is 0 Å². The van der Waals surface area contributed by atoms with Crippen molar-refractivity contribution in [3.8, 4) is 47.0 Å². The molecule has 0 aliphatic carbocycles. The van der Waals surface area contributed by atoms with E-state index in [4.69, 9.17) is 84.3 Å². The Hall–Kier alpha value is -10.4. The number of anilines is 8. The molecular weight excluding hydrogens is 1290 g/mol. The smallest absolute Gasteiger partial charge is 0.434 e. The standard InChI is InChI=1S/2C28H28Cl2N10O6/c2*1-27(2,3)45-25(41)39-15-9-7-10-16(13-15)40(26(42)46-28(4,5)6)38-22-32-20(30)34-24(36-22)44-18-12-8-11-17(14-18)43-23-33-19(29)31-21(35-23)37-39/h2*7-14H,1-6H3,(H,31,33,35,37)(H,32,34,36,38). The molecule has 0 atom stereocenters. The van der Waals surface area contributed by atoms with Crippen LogP contribution in [0.5, 0.6) is 47.0 Å². The summed E-state index contributed by atoms with van der Waals surface area (Å²) in [4.78, 5) is 104. The average Bonchev–Trinajstić information content (AvgIpc) is 0.941. The van der Waals surface area contributed by atoms with Crippen LogP contribution in [0.25, 0.3) is 0 Å². The van der Waals surface area contributed by atoms with Crippen molar-refractivity contribution in [2.75, 3.05) is 41.7 Å². The van der Waals surface area contributed by atoms with Crippen molar-refractivity contribution >= 4 is 117 Å². The first-order chi connectivity index (χ1) is 43.2. The number of carbonyl (C=O) groups excluding carboxylic acids is 4. The third kappa shape index (κ3) is 18.8. The van der Waals surface area contributed by atoms with Crippen LogP contribution in [-0.2, 0) is 18.9 Å². The number of carbonyl (C=O) groups is 4. The van der Waals surface area contributed by atoms with Crippen LogP contribution >= 0.6 is 46.4 Å². The maximum Gasteiger partial charge on any atom is 0.434 e. The lowest BCUT2D eigenvalue weighted by molar-refractivity contribution is 0.0576. The zero-order valence-corrected chi connectivity index (χ0v) is 53.8. The fourth-order valence-corrected chi connectivity index (χ4v) is 7.98. The van der Waals surface area contributed by atoms with Gasteiger partial charge in [-0.15, -0.1) is 0 Å². The van der Waals surface area contributed by atoms with Crippen molar-refractivity contribution in [1.82, 2.24) is 59.8 Å². The van der Waals surface area contributed by atoms with E-state index in [1.807, 2.05) is 0 Å². The number of nitrogens with one attached hydrogen (secondary N) is 4. The maximum absolute atomic E-state index is 13.5. The fourth-order valence-electron chi connectivity index (χ4n) is 7.37. The second-order valence-corrected chi connectivity index (χ2v) is 24.3. The molecule has 36 heteroatoms. The van der Waals surface area contributed by atoms with Gasteiger partial charge in [0.15, 0.2) is 0 Å². The Morgan fingerprint density at radius 1 is 0.326 bits per heavy atom. The minimum absolute atomic E-state index is 0.163. The molecule has 0 saturated heterocycles. The predicted octanol–water partition coefficient (Wildman–Crippen LogP) is 13.6. The summed E-state index contributed by atoms with van der Waals surface area (Å²) in [5.41, 5.74) is 8.39. The molecule has 92 heavy (non-hydrogen) atoms. The van der Waals surface area contributed by atoms with E-state index in [-0.39, 0.29) is 115 Å². The molecule has 6 heterocycles. The summed E-state index contributed by atoms with van der Waals surface area (Å²) in [6.07, 6.45) is -3.36. The van der Waals surface area contributed by atoms with E-state index >= 15 is 0 Å². The van der Waals surface area contributed by atoms with Crippen LogP contribution in [-0.4, -0.2) is 107 Å². The van der Waals surface area contributed by atoms with Gasteiger partial charge in [0.05, 0.1) is 22.7 Å². The molecule has 0 spiro atoms. The van der Waals surface area contributed by atoms with Gasteiger partial charge < -0.3 is 37.9 Å². The highest BCUT2D eigenvalue weighted by Crippen LogP contribution is 2.34. The quantitative estimate of drug-likeness (QED) is 0.102. The molecule has 0 fully saturated rings. The summed E-state index contributed by atoms with van der Waals surface area (Å²) in [7, 11) is 0. The molecule has 10 rings (SSSR count). The van der Waals surface area contributed by atoms with Gasteiger partial charge in [-0.05, 0) is 190 Å². The van der Waals surface area contributed by atoms with Gasteiger partial charge in [-0.2, -0.15) is 79.8 Å². The van der Waals surface area contributed by atoms with E-state index in [0.29, 0.717) is 0 Å². The highest BCUT2D eigenvalue weighted by atomic mass is 35.5. The first-order valence-corrected chi connectivity index (χ1v) is 28.7. The highest BCUT2D eigenvalue weighted by molar-refractivity contribution is 6.29. The molecule has 480 valence electrons. The number of aromatic nitrogens is 12. The fraction of sp³-hybridized carbons (Fsp3) is 0.286. The van der Waals surface area contributed by atoms with Gasteiger partial charge in [-0.1, -0.05) is 24.3 Å². The van der Waals surface area contributed by atoms with Crippen molar-refractivity contribution in [3.63, 3.8) is 0 Å². The van der Waals surface area contributed by atoms with Gasteiger partial charge in [0, 0.05) is 12.1 Å². The molecule has 0 radical (unpaired) electrons. The first kappa shape index (κ1) is 66.0. The van der Waals surface area contributed by atoms with E-state index < -0.39 is 46.8 Å². The summed E-state index contributed by atoms with van der Waals surface area (Å²) in [5.74, 6) is 0.342. The van der Waals surface area contributed by atoms with Crippen molar-refractivity contribution < 1.29 is 57.1 Å². The van der Waals surface area contributed by atoms with Crippen LogP contribution in [0.4, 0.5) is 65.7 Å². The van der Waals surface area contributed by atoms with Gasteiger partial charge in [-0.3, -0.25) is 21.7 Å². The van der Waals surface area contributed by atoms with E-state index in [1.54, 1.807) is 156 Å². The van der Waals surface area contributed by atoms with Gasteiger partial charge in [-0.25, -0.2) is 19.2 Å². The second-order valence-electron chi connectivity index (χ2n) is 23.0. The molecule has 4 aromatic carbocycles. The minimum Gasteiger partial charge on any atom is -0.442 e. The summed E-state index contributed by atoms with van der Waals surface area (Å²) < 4.78 is 45.8. The van der Waals surface area contributed by atoms with E-state index in [0.717, 1.165) is 20.0 Å². The van der Waals surface area contributed by atoms with Crippen molar-refractivity contribution in [3.05, 3.63) is 118 Å². The summed E-state index contributed by atoms with van der Waals surface area (Å²) in [6, 6.07) is 24.3. The molecule has 0 saturated carbocycles. The van der Waals surface area contributed by atoms with Crippen LogP contribution in [0, 0.1) is 0 Å². The molecule has 2 aliphatic rings. The number of hydrazine groups is 4. The lowest BCUT2D eigenvalue weighted by Gasteiger charge is -2.30. The number of amides is 4. The Balaban J connectivity index is 0.000000217. The van der Waals surface area contributed by atoms with Gasteiger partial charge in [0.2, 0.25) is 44.9 Å². The molecule has 4 N–H and O–H groups in total. The maximum atomic E-state index is 13.5. The largest absolute Gasteiger partial charge is 0.442 e. The first-order valence-electron chi connectivity index (χ1n) is 27.2. The van der Waals surface area contributed by atoms with Crippen molar-refractivity contribution in [2.45, 2.75) is 105 Å². The number of benzene rings is 4. The Morgan fingerprint density at radius 3 is 0.739 bits per heavy atom. The second kappa shape index (κ2) is 26.9. The summed E-state index contributed by atoms with van der Waals surface area (Å²) in [5, 5.41) is 3.14. The molecule has 4 amide bonds. The van der Waals surface area contributed by atoms with Gasteiger partial charge in [0.1, 0.15) is 45.4 Å². The topological polar surface area (TPSA) is 358 Å². The number of ether oxygens (including phenoxy) is 8. The van der Waals surface area contributed by atoms with E-state index in [1.165, 1.54) is 24.3 Å². The third-order valence-electron chi connectivity index (χ3n) is 10.6. The zero-order valence-electron chi connectivity index (χ0n) is 50.8. The Morgan fingerprint density at radius 2 is 0.533 bits per heavy atom. The Labute approximate surface area is 544 Å². The predicted molar refractivity (Wildman–Crippen MR) is 335 cm³/mol. The number of fused-ring (bicyclic) bond motifs is 16. The lowest BCUT2D eigenvalue weighted by atomic mass is 10.2. The van der Waals surface area contributed by atoms with Crippen LogP contribution in [0.2, 0.25) is 21.1 Å². The number of rotatable bonds is 0. The van der Waals surface area contributed by atoms with Crippen LogP contribution in [0.15, 0.2) is 97.1 Å². The zero-order chi connectivity index (χ0) is 66.5. The van der Waals surface area contributed by atoms with E-state index in [2.05, 4.69) is 81.5 Å². The summed E-state index contributed by atoms with van der Waals surface area (Å²) >= 11 is 24.8. The van der Waals surface area contributed by atoms with Crippen LogP contribution in [0.1, 0.15) is 83.1 Å². The minimum atomic E-state index is -0.889. The molecule has 32 nitrogen and oxygen atoms in total. The van der Waals surface area contributed by atoms with Crippen molar-refractivity contribution in [2.24, 2.45) is 0 Å². The van der Waals surface area contributed by atoms with Crippen molar-refractivity contribution in [1.29, 1.82) is 0 Å². The highest BCUT2D eigenvalue weighted by Gasteiger charge is 2.32. The molecular formula is C56H56Cl4N20O12. The molecule has 0 unspecified atom stereocenters. The van der Waals surface area contributed by atoms with E-state index in [9.17, 15) is 19.2 Å². The number of hydrogen-bond donors (Lipinski definition) is 4. The Bertz CT molecular complexity index is 3580. The third-order valence-corrected chi connectivity index (χ3v) is 11.3. The SMILES string of the molecule is CC(C)(C)OC(=O)N1Nc2nc(Cl)nc(n2)Oc2cccc(c2)Oc2nc(Cl)nc(n2)NN(C(=O)OC(C)(C)C)c2cccc1c2.CC(C)(C)OC(=O)N1Nc2nc(Cl)nc(n2)Oc2cccc(c2)Oc2nc(Cl)nc(n2)NN(C(=O)OC(C)(C)C)c2cccc1c2. The summed E-state index contributed by atoms with van der Waals surface area (Å²) in [6.45, 7) is 20.4. The van der Waals surface area contributed by atoms with Gasteiger partial charge >= 0.3 is 48.4 Å². The monoisotopic (exact) mass is 1340 g/mol. The average molecular weight is 1340 g/mol. The lowest BCUT2D eigenvalue weighted by Crippen LogP contribution is -2.42. The molecule has 2 aliphatic heterocycles.